The molecule has 1 aliphatic carbocycles. The van der Waals surface area contributed by atoms with E-state index in [0.29, 0.717) is 24.5 Å². The largest absolute Gasteiger partial charge is 0.376 e. The summed E-state index contributed by atoms with van der Waals surface area (Å²) in [6.45, 7) is 4.13. The summed E-state index contributed by atoms with van der Waals surface area (Å²) in [6, 6.07) is 0. The molecular formula is C11H21NO2. The molecule has 1 aliphatic rings. The predicted molar refractivity (Wildman–Crippen MR) is 55.8 cm³/mol. The number of hydrogen-bond acceptors (Lipinski definition) is 2. The molecule has 14 heavy (non-hydrogen) atoms. The highest BCUT2D eigenvalue weighted by Crippen LogP contribution is 2.28. The molecule has 3 heteroatoms. The minimum Gasteiger partial charge on any atom is -0.376 e. The Bertz CT molecular complexity index is 184. The van der Waals surface area contributed by atoms with E-state index in [1.807, 2.05) is 0 Å². The molecule has 0 spiro atoms. The number of amides is 1. The highest BCUT2D eigenvalue weighted by Gasteiger charge is 2.23. The highest BCUT2D eigenvalue weighted by atomic mass is 16.5. The second-order valence-corrected chi connectivity index (χ2v) is 4.50. The van der Waals surface area contributed by atoms with Crippen molar-refractivity contribution >= 4 is 5.91 Å². The van der Waals surface area contributed by atoms with Crippen LogP contribution >= 0.6 is 0 Å². The first-order valence-corrected chi connectivity index (χ1v) is 5.51. The standard InChI is InChI=1S/C11H21NO2/c1-8(2)14-10-5-3-9(4-6-10)7-11(12)13/h8-10H,3-7H2,1-2H3,(H2,12,13). The number of primary amides is 1. The van der Waals surface area contributed by atoms with Gasteiger partial charge in [0.1, 0.15) is 0 Å². The number of hydrogen-bond donors (Lipinski definition) is 1. The lowest BCUT2D eigenvalue weighted by Gasteiger charge is -2.29. The van der Waals surface area contributed by atoms with Gasteiger partial charge in [-0.1, -0.05) is 0 Å². The van der Waals surface area contributed by atoms with E-state index in [1.54, 1.807) is 0 Å². The zero-order chi connectivity index (χ0) is 10.6. The molecule has 1 amide bonds. The van der Waals surface area contributed by atoms with Gasteiger partial charge in [0.2, 0.25) is 5.91 Å². The van der Waals surface area contributed by atoms with Crippen LogP contribution in [0.5, 0.6) is 0 Å². The van der Waals surface area contributed by atoms with Crippen LogP contribution in [-0.2, 0) is 9.53 Å². The van der Waals surface area contributed by atoms with Crippen LogP contribution in [0.1, 0.15) is 46.0 Å². The number of nitrogens with two attached hydrogens (primary N) is 1. The third kappa shape index (κ3) is 4.09. The second-order valence-electron chi connectivity index (χ2n) is 4.50. The number of carbonyl (C=O) groups is 1. The average molecular weight is 199 g/mol. The van der Waals surface area contributed by atoms with Gasteiger partial charge in [-0.15, -0.1) is 0 Å². The molecular weight excluding hydrogens is 178 g/mol. The van der Waals surface area contributed by atoms with Crippen molar-refractivity contribution in [1.82, 2.24) is 0 Å². The molecule has 0 atom stereocenters. The van der Waals surface area contributed by atoms with E-state index >= 15 is 0 Å². The molecule has 0 aromatic carbocycles. The molecule has 0 aliphatic heterocycles. The van der Waals surface area contributed by atoms with Crippen LogP contribution in [0.15, 0.2) is 0 Å². The summed E-state index contributed by atoms with van der Waals surface area (Å²) >= 11 is 0. The van der Waals surface area contributed by atoms with Crippen molar-refractivity contribution < 1.29 is 9.53 Å². The van der Waals surface area contributed by atoms with E-state index in [0.717, 1.165) is 25.7 Å². The van der Waals surface area contributed by atoms with Gasteiger partial charge in [0.05, 0.1) is 12.2 Å². The van der Waals surface area contributed by atoms with E-state index in [9.17, 15) is 4.79 Å². The Morgan fingerprint density at radius 2 is 1.93 bits per heavy atom. The maximum Gasteiger partial charge on any atom is 0.217 e. The molecule has 0 bridgehead atoms. The molecule has 0 heterocycles. The Balaban J connectivity index is 2.21. The minimum atomic E-state index is -0.168. The zero-order valence-corrected chi connectivity index (χ0v) is 9.16. The van der Waals surface area contributed by atoms with Crippen molar-refractivity contribution in [2.75, 3.05) is 0 Å². The first kappa shape index (κ1) is 11.5. The Morgan fingerprint density at radius 1 is 1.36 bits per heavy atom. The Hall–Kier alpha value is -0.570. The molecule has 3 nitrogen and oxygen atoms in total. The van der Waals surface area contributed by atoms with Gasteiger partial charge in [0.25, 0.3) is 0 Å². The fourth-order valence-corrected chi connectivity index (χ4v) is 2.14. The SMILES string of the molecule is CC(C)OC1CCC(CC(N)=O)CC1. The van der Waals surface area contributed by atoms with Crippen molar-refractivity contribution in [2.45, 2.75) is 58.2 Å². The molecule has 1 rings (SSSR count). The normalized spacial score (nSPS) is 27.9. The summed E-state index contributed by atoms with van der Waals surface area (Å²) in [5.74, 6) is 0.331. The molecule has 0 radical (unpaired) electrons. The van der Waals surface area contributed by atoms with Crippen LogP contribution < -0.4 is 5.73 Å². The maximum atomic E-state index is 10.7. The maximum absolute atomic E-state index is 10.7. The van der Waals surface area contributed by atoms with Gasteiger partial charge in [0.15, 0.2) is 0 Å². The zero-order valence-electron chi connectivity index (χ0n) is 9.16. The topological polar surface area (TPSA) is 52.3 Å². The van der Waals surface area contributed by atoms with E-state index in [-0.39, 0.29) is 5.91 Å². The molecule has 1 saturated carbocycles. The Kier molecular flexibility index (Phi) is 4.39. The van der Waals surface area contributed by atoms with Crippen LogP contribution in [0.25, 0.3) is 0 Å². The lowest BCUT2D eigenvalue weighted by Crippen LogP contribution is -2.26. The molecule has 0 aromatic rings. The van der Waals surface area contributed by atoms with Crippen LogP contribution in [-0.4, -0.2) is 18.1 Å². The van der Waals surface area contributed by atoms with Gasteiger partial charge >= 0.3 is 0 Å². The number of ether oxygens (including phenoxy) is 1. The van der Waals surface area contributed by atoms with Gasteiger partial charge in [0, 0.05) is 6.42 Å². The monoisotopic (exact) mass is 199 g/mol. The summed E-state index contributed by atoms with van der Waals surface area (Å²) in [5.41, 5.74) is 5.17. The van der Waals surface area contributed by atoms with E-state index in [2.05, 4.69) is 13.8 Å². The first-order chi connectivity index (χ1) is 6.58. The highest BCUT2D eigenvalue weighted by molar-refractivity contribution is 5.73. The van der Waals surface area contributed by atoms with Gasteiger partial charge in [-0.2, -0.15) is 0 Å². The summed E-state index contributed by atoms with van der Waals surface area (Å²) < 4.78 is 5.73. The summed E-state index contributed by atoms with van der Waals surface area (Å²) in [4.78, 5) is 10.7. The molecule has 0 aromatic heterocycles. The fourth-order valence-electron chi connectivity index (χ4n) is 2.14. The minimum absolute atomic E-state index is 0.168. The Labute approximate surface area is 86.0 Å². The van der Waals surface area contributed by atoms with Crippen LogP contribution in [0.3, 0.4) is 0 Å². The third-order valence-corrected chi connectivity index (χ3v) is 2.75. The summed E-state index contributed by atoms with van der Waals surface area (Å²) in [5, 5.41) is 0. The third-order valence-electron chi connectivity index (χ3n) is 2.75. The van der Waals surface area contributed by atoms with Crippen molar-refractivity contribution in [3.05, 3.63) is 0 Å². The van der Waals surface area contributed by atoms with Crippen LogP contribution in [0, 0.1) is 5.92 Å². The van der Waals surface area contributed by atoms with Crippen molar-refractivity contribution in [1.29, 1.82) is 0 Å². The molecule has 2 N–H and O–H groups in total. The van der Waals surface area contributed by atoms with Crippen molar-refractivity contribution in [3.63, 3.8) is 0 Å². The number of rotatable bonds is 4. The fraction of sp³-hybridized carbons (Fsp3) is 0.909. The average Bonchev–Trinajstić information content (AvgIpc) is 2.06. The molecule has 1 fully saturated rings. The van der Waals surface area contributed by atoms with Crippen molar-refractivity contribution in [2.24, 2.45) is 11.7 Å². The van der Waals surface area contributed by atoms with Gasteiger partial charge in [-0.3, -0.25) is 4.79 Å². The quantitative estimate of drug-likeness (QED) is 0.751. The van der Waals surface area contributed by atoms with Crippen molar-refractivity contribution in [3.8, 4) is 0 Å². The smallest absolute Gasteiger partial charge is 0.217 e. The first-order valence-electron chi connectivity index (χ1n) is 5.51. The summed E-state index contributed by atoms with van der Waals surface area (Å²) in [6.07, 6.45) is 5.59. The Morgan fingerprint density at radius 3 is 2.36 bits per heavy atom. The lowest BCUT2D eigenvalue weighted by atomic mass is 9.85. The van der Waals surface area contributed by atoms with E-state index in [4.69, 9.17) is 10.5 Å². The summed E-state index contributed by atoms with van der Waals surface area (Å²) in [7, 11) is 0. The van der Waals surface area contributed by atoms with Gasteiger partial charge < -0.3 is 10.5 Å². The lowest BCUT2D eigenvalue weighted by molar-refractivity contribution is -0.119. The van der Waals surface area contributed by atoms with E-state index in [1.165, 1.54) is 0 Å². The second kappa shape index (κ2) is 5.35. The van der Waals surface area contributed by atoms with Crippen LogP contribution in [0.2, 0.25) is 0 Å². The predicted octanol–water partition coefficient (Wildman–Crippen LogP) is 1.85. The van der Waals surface area contributed by atoms with Gasteiger partial charge in [-0.25, -0.2) is 0 Å². The van der Waals surface area contributed by atoms with Crippen LogP contribution in [0.4, 0.5) is 0 Å². The molecule has 0 saturated heterocycles. The molecule has 82 valence electrons. The van der Waals surface area contributed by atoms with E-state index < -0.39 is 0 Å². The molecule has 0 unspecified atom stereocenters. The number of carbonyl (C=O) groups excluding carboxylic acids is 1. The van der Waals surface area contributed by atoms with Gasteiger partial charge in [-0.05, 0) is 45.4 Å².